The fourth-order valence-corrected chi connectivity index (χ4v) is 1.82. The van der Waals surface area contributed by atoms with E-state index in [0.717, 1.165) is 0 Å². The van der Waals surface area contributed by atoms with Crippen LogP contribution in [0.2, 0.25) is 0 Å². The van der Waals surface area contributed by atoms with Crippen LogP contribution in [0.5, 0.6) is 0 Å². The second kappa shape index (κ2) is 3.95. The van der Waals surface area contributed by atoms with Crippen molar-refractivity contribution in [3.63, 3.8) is 0 Å². The molecule has 0 amide bonds. The lowest BCUT2D eigenvalue weighted by Gasteiger charge is -1.98. The zero-order valence-corrected chi connectivity index (χ0v) is 7.78. The molecule has 0 aliphatic rings. The highest BCUT2D eigenvalue weighted by Gasteiger charge is 2.21. The first kappa shape index (κ1) is 10.3. The Labute approximate surface area is 80.5 Å². The third-order valence-electron chi connectivity index (χ3n) is 1.50. The predicted molar refractivity (Wildman–Crippen MR) is 50.7 cm³/mol. The van der Waals surface area contributed by atoms with E-state index < -0.39 is 14.9 Å². The summed E-state index contributed by atoms with van der Waals surface area (Å²) in [6.45, 7) is 0. The number of rotatable bonds is 3. The number of nitrogens with zero attached hydrogens (tertiary/aromatic N) is 1. The third-order valence-corrected chi connectivity index (χ3v) is 3.08. The SMILES string of the molecule is N=C=C(N=O)S(=O)(=O)c1ccccc1. The fraction of sp³-hybridized carbons (Fsp3) is 0. The van der Waals surface area contributed by atoms with Gasteiger partial charge in [0.05, 0.1) is 4.90 Å². The van der Waals surface area contributed by atoms with Crippen LogP contribution in [0.25, 0.3) is 0 Å². The molecule has 0 atom stereocenters. The number of sulfone groups is 1. The van der Waals surface area contributed by atoms with Crippen molar-refractivity contribution in [1.82, 2.24) is 0 Å². The molecule has 0 saturated heterocycles. The Hall–Kier alpha value is -1.78. The number of hydrogen-bond donors (Lipinski definition) is 1. The van der Waals surface area contributed by atoms with Crippen LogP contribution in [-0.2, 0) is 9.84 Å². The van der Waals surface area contributed by atoms with Gasteiger partial charge in [0.2, 0.25) is 9.84 Å². The number of nitrogens with one attached hydrogen (secondary N) is 1. The Bertz CT molecular complexity index is 487. The van der Waals surface area contributed by atoms with Crippen LogP contribution in [0.3, 0.4) is 0 Å². The van der Waals surface area contributed by atoms with Crippen molar-refractivity contribution in [3.05, 3.63) is 40.3 Å². The van der Waals surface area contributed by atoms with E-state index in [1.165, 1.54) is 30.1 Å². The third kappa shape index (κ3) is 1.76. The van der Waals surface area contributed by atoms with Crippen LogP contribution in [-0.4, -0.2) is 14.3 Å². The van der Waals surface area contributed by atoms with Crippen LogP contribution in [0, 0.1) is 10.3 Å². The molecule has 0 saturated carbocycles. The molecule has 14 heavy (non-hydrogen) atoms. The molecule has 0 aromatic heterocycles. The molecule has 0 radical (unpaired) electrons. The van der Waals surface area contributed by atoms with Gasteiger partial charge in [-0.15, -0.1) is 4.91 Å². The summed E-state index contributed by atoms with van der Waals surface area (Å²) in [5.41, 5.74) is 0. The molecule has 1 aromatic rings. The number of nitroso groups, excluding NO2 is 1. The van der Waals surface area contributed by atoms with Crippen molar-refractivity contribution >= 4 is 15.7 Å². The average molecular weight is 210 g/mol. The van der Waals surface area contributed by atoms with E-state index in [0.29, 0.717) is 0 Å². The van der Waals surface area contributed by atoms with Gasteiger partial charge in [0, 0.05) is 5.87 Å². The molecule has 72 valence electrons. The number of benzene rings is 1. The van der Waals surface area contributed by atoms with Gasteiger partial charge in [0.1, 0.15) is 0 Å². The minimum absolute atomic E-state index is 0.0747. The second-order valence-electron chi connectivity index (χ2n) is 2.34. The van der Waals surface area contributed by atoms with Gasteiger partial charge in [-0.25, -0.2) is 8.42 Å². The normalized spacial score (nSPS) is 10.3. The summed E-state index contributed by atoms with van der Waals surface area (Å²) in [4.78, 5) is 10.0. The van der Waals surface area contributed by atoms with Crippen molar-refractivity contribution < 1.29 is 8.42 Å². The van der Waals surface area contributed by atoms with Crippen LogP contribution in [0.15, 0.2) is 45.4 Å². The van der Waals surface area contributed by atoms with Gasteiger partial charge in [-0.05, 0) is 17.3 Å². The van der Waals surface area contributed by atoms with E-state index in [9.17, 15) is 13.3 Å². The van der Waals surface area contributed by atoms with Gasteiger partial charge in [0.15, 0.2) is 0 Å². The summed E-state index contributed by atoms with van der Waals surface area (Å²) in [7, 11) is -3.96. The maximum atomic E-state index is 11.5. The summed E-state index contributed by atoms with van der Waals surface area (Å²) in [6.07, 6.45) is 0. The summed E-state index contributed by atoms with van der Waals surface area (Å²) in [5.74, 6) is 1.49. The van der Waals surface area contributed by atoms with Gasteiger partial charge in [-0.1, -0.05) is 18.2 Å². The molecule has 1 aromatic carbocycles. The first-order valence-corrected chi connectivity index (χ1v) is 5.04. The van der Waals surface area contributed by atoms with E-state index in [-0.39, 0.29) is 4.90 Å². The van der Waals surface area contributed by atoms with Gasteiger partial charge in [0.25, 0.3) is 5.03 Å². The van der Waals surface area contributed by atoms with Gasteiger partial charge in [-0.3, -0.25) is 5.41 Å². The smallest absolute Gasteiger partial charge is 0.256 e. The molecule has 0 spiro atoms. The van der Waals surface area contributed by atoms with E-state index >= 15 is 0 Å². The summed E-state index contributed by atoms with van der Waals surface area (Å²) >= 11 is 0. The van der Waals surface area contributed by atoms with Crippen molar-refractivity contribution in [1.29, 1.82) is 5.41 Å². The first-order valence-electron chi connectivity index (χ1n) is 3.56. The molecule has 1 rings (SSSR count). The highest BCUT2D eigenvalue weighted by Crippen LogP contribution is 2.16. The largest absolute Gasteiger partial charge is 0.264 e. The summed E-state index contributed by atoms with van der Waals surface area (Å²) in [5, 5.41) is 7.93. The summed E-state index contributed by atoms with van der Waals surface area (Å²) < 4.78 is 23.0. The Morgan fingerprint density at radius 3 is 2.29 bits per heavy atom. The molecule has 0 fully saturated rings. The van der Waals surface area contributed by atoms with Gasteiger partial charge in [-0.2, -0.15) is 0 Å². The zero-order chi connectivity index (χ0) is 10.6. The van der Waals surface area contributed by atoms with Crippen LogP contribution in [0.1, 0.15) is 0 Å². The molecular formula is C8H6N2O3S. The predicted octanol–water partition coefficient (Wildman–Crippen LogP) is 1.32. The number of hydrogen-bond acceptors (Lipinski definition) is 5. The van der Waals surface area contributed by atoms with E-state index in [1.807, 2.05) is 0 Å². The van der Waals surface area contributed by atoms with E-state index in [1.54, 1.807) is 6.07 Å². The molecule has 0 heterocycles. The minimum Gasteiger partial charge on any atom is -0.256 e. The first-order chi connectivity index (χ1) is 6.62. The lowest BCUT2D eigenvalue weighted by atomic mass is 10.4. The van der Waals surface area contributed by atoms with E-state index in [4.69, 9.17) is 5.41 Å². The van der Waals surface area contributed by atoms with Crippen LogP contribution >= 0.6 is 0 Å². The van der Waals surface area contributed by atoms with Crippen molar-refractivity contribution in [2.45, 2.75) is 4.90 Å². The van der Waals surface area contributed by atoms with Crippen LogP contribution in [0.4, 0.5) is 0 Å². The lowest BCUT2D eigenvalue weighted by Crippen LogP contribution is -2.02. The van der Waals surface area contributed by atoms with Crippen molar-refractivity contribution in [2.75, 3.05) is 0 Å². The van der Waals surface area contributed by atoms with Gasteiger partial charge >= 0.3 is 0 Å². The van der Waals surface area contributed by atoms with Crippen LogP contribution < -0.4 is 0 Å². The molecule has 1 N–H and O–H groups in total. The molecule has 0 aliphatic carbocycles. The molecule has 0 bridgehead atoms. The average Bonchev–Trinajstić information content (AvgIpc) is 2.20. The lowest BCUT2D eigenvalue weighted by molar-refractivity contribution is 0.602. The standard InChI is InChI=1S/C8H6N2O3S/c9-6-8(10-11)14(12,13)7-4-2-1-3-5-7/h1-5,9H. The molecule has 0 unspecified atom stereocenters. The topological polar surface area (TPSA) is 87.4 Å². The second-order valence-corrected chi connectivity index (χ2v) is 4.20. The highest BCUT2D eigenvalue weighted by molar-refractivity contribution is 7.95. The highest BCUT2D eigenvalue weighted by atomic mass is 32.2. The van der Waals surface area contributed by atoms with E-state index in [2.05, 4.69) is 5.18 Å². The van der Waals surface area contributed by atoms with Crippen molar-refractivity contribution in [3.8, 4) is 0 Å². The Balaban J connectivity index is 3.37. The molecule has 6 heteroatoms. The zero-order valence-electron chi connectivity index (χ0n) is 6.97. The summed E-state index contributed by atoms with van der Waals surface area (Å²) in [6, 6.07) is 7.30. The fourth-order valence-electron chi connectivity index (χ4n) is 0.850. The van der Waals surface area contributed by atoms with Crippen molar-refractivity contribution in [2.24, 2.45) is 5.18 Å². The maximum absolute atomic E-state index is 11.5. The maximum Gasteiger partial charge on any atom is 0.264 e. The molecule has 0 aliphatic heterocycles. The quantitative estimate of drug-likeness (QED) is 0.602. The monoisotopic (exact) mass is 210 g/mol. The van der Waals surface area contributed by atoms with Gasteiger partial charge < -0.3 is 0 Å². The Kier molecular flexibility index (Phi) is 2.91. The Morgan fingerprint density at radius 2 is 1.86 bits per heavy atom. The Morgan fingerprint density at radius 1 is 1.29 bits per heavy atom. The molecular weight excluding hydrogens is 204 g/mol. The molecule has 5 nitrogen and oxygen atoms in total. The minimum atomic E-state index is -3.96.